The third-order valence-electron chi connectivity index (χ3n) is 3.54. The van der Waals surface area contributed by atoms with Crippen LogP contribution in [0, 0.1) is 0 Å². The molecule has 134 valence electrons. The number of nitrogens with zero attached hydrogens (tertiary/aromatic N) is 1. The van der Waals surface area contributed by atoms with E-state index in [-0.39, 0.29) is 6.42 Å². The number of halogens is 2. The van der Waals surface area contributed by atoms with Crippen LogP contribution in [-0.2, 0) is 11.2 Å². The van der Waals surface area contributed by atoms with Crippen molar-refractivity contribution in [2.45, 2.75) is 6.42 Å². The largest absolute Gasteiger partial charge is 0.497 e. The van der Waals surface area contributed by atoms with Gasteiger partial charge in [0, 0.05) is 16.1 Å². The third kappa shape index (κ3) is 4.27. The van der Waals surface area contributed by atoms with Crippen molar-refractivity contribution in [3.05, 3.63) is 57.4 Å². The van der Waals surface area contributed by atoms with Gasteiger partial charge in [0.25, 0.3) is 0 Å². The van der Waals surface area contributed by atoms with Gasteiger partial charge in [0.15, 0.2) is 5.13 Å². The highest BCUT2D eigenvalue weighted by Gasteiger charge is 2.16. The highest BCUT2D eigenvalue weighted by molar-refractivity contribution is 7.16. The standard InChI is InChI=1S/C18H14Cl2N2O3S/c1-25-12-5-2-10(3-6-12)17-15(9-16(23)24)26-18(22-17)21-11-4-7-13(19)14(20)8-11/h2-8H,9H2,1H3,(H,21,22)(H,23,24). The second-order valence-electron chi connectivity index (χ2n) is 5.34. The van der Waals surface area contributed by atoms with Gasteiger partial charge in [-0.1, -0.05) is 23.2 Å². The summed E-state index contributed by atoms with van der Waals surface area (Å²) in [6.07, 6.45) is -0.109. The number of carboxylic acids is 1. The van der Waals surface area contributed by atoms with E-state index in [0.29, 0.717) is 25.7 Å². The molecule has 1 aromatic heterocycles. The number of methoxy groups -OCH3 is 1. The van der Waals surface area contributed by atoms with E-state index in [4.69, 9.17) is 27.9 Å². The number of hydrogen-bond donors (Lipinski definition) is 2. The van der Waals surface area contributed by atoms with Crippen molar-refractivity contribution in [3.63, 3.8) is 0 Å². The van der Waals surface area contributed by atoms with Gasteiger partial charge in [0.05, 0.1) is 29.3 Å². The number of carboxylic acid groups (broad SMARTS) is 1. The number of rotatable bonds is 6. The molecule has 1 heterocycles. The van der Waals surface area contributed by atoms with Gasteiger partial charge in [0.2, 0.25) is 0 Å². The summed E-state index contributed by atoms with van der Waals surface area (Å²) in [5, 5.41) is 13.8. The van der Waals surface area contributed by atoms with Crippen LogP contribution in [0.3, 0.4) is 0 Å². The zero-order valence-corrected chi connectivity index (χ0v) is 16.0. The summed E-state index contributed by atoms with van der Waals surface area (Å²) in [5.41, 5.74) is 2.17. The number of aromatic nitrogens is 1. The van der Waals surface area contributed by atoms with Crippen LogP contribution in [0.25, 0.3) is 11.3 Å². The van der Waals surface area contributed by atoms with Gasteiger partial charge < -0.3 is 15.2 Å². The first-order valence-electron chi connectivity index (χ1n) is 7.54. The maximum absolute atomic E-state index is 11.2. The Bertz CT molecular complexity index is 942. The first-order valence-corrected chi connectivity index (χ1v) is 9.11. The van der Waals surface area contributed by atoms with Crippen molar-refractivity contribution in [2.75, 3.05) is 12.4 Å². The number of anilines is 2. The third-order valence-corrected chi connectivity index (χ3v) is 5.25. The highest BCUT2D eigenvalue weighted by atomic mass is 35.5. The minimum absolute atomic E-state index is 0.109. The van der Waals surface area contributed by atoms with Crippen molar-refractivity contribution < 1.29 is 14.6 Å². The molecule has 0 aliphatic carbocycles. The molecule has 2 N–H and O–H groups in total. The second-order valence-corrected chi connectivity index (χ2v) is 7.24. The van der Waals surface area contributed by atoms with Crippen molar-refractivity contribution >= 4 is 51.3 Å². The molecule has 0 atom stereocenters. The minimum Gasteiger partial charge on any atom is -0.497 e. The molecule has 5 nitrogen and oxygen atoms in total. The molecule has 0 unspecified atom stereocenters. The van der Waals surface area contributed by atoms with Crippen molar-refractivity contribution in [1.29, 1.82) is 0 Å². The van der Waals surface area contributed by atoms with E-state index in [2.05, 4.69) is 10.3 Å². The molecule has 0 saturated heterocycles. The Labute approximate surface area is 164 Å². The Morgan fingerprint density at radius 1 is 1.19 bits per heavy atom. The van der Waals surface area contributed by atoms with Crippen LogP contribution < -0.4 is 10.1 Å². The van der Waals surface area contributed by atoms with Crippen LogP contribution >= 0.6 is 34.5 Å². The maximum Gasteiger partial charge on any atom is 0.308 e. The molecule has 0 aliphatic rings. The van der Waals surface area contributed by atoms with Crippen LogP contribution in [0.5, 0.6) is 5.75 Å². The average molecular weight is 409 g/mol. The van der Waals surface area contributed by atoms with E-state index in [1.165, 1.54) is 11.3 Å². The molecular weight excluding hydrogens is 395 g/mol. The van der Waals surface area contributed by atoms with Crippen molar-refractivity contribution in [1.82, 2.24) is 4.98 Å². The van der Waals surface area contributed by atoms with Crippen molar-refractivity contribution in [2.24, 2.45) is 0 Å². The molecule has 0 bridgehead atoms. The number of hydrogen-bond acceptors (Lipinski definition) is 5. The fourth-order valence-electron chi connectivity index (χ4n) is 2.33. The Morgan fingerprint density at radius 2 is 1.92 bits per heavy atom. The lowest BCUT2D eigenvalue weighted by atomic mass is 10.1. The van der Waals surface area contributed by atoms with Gasteiger partial charge in [-0.05, 0) is 42.5 Å². The Balaban J connectivity index is 1.94. The number of ether oxygens (including phenoxy) is 1. The van der Waals surface area contributed by atoms with E-state index < -0.39 is 5.97 Å². The fourth-order valence-corrected chi connectivity index (χ4v) is 3.63. The summed E-state index contributed by atoms with van der Waals surface area (Å²) in [6.45, 7) is 0. The number of thiazole rings is 1. The number of nitrogens with one attached hydrogen (secondary N) is 1. The monoisotopic (exact) mass is 408 g/mol. The summed E-state index contributed by atoms with van der Waals surface area (Å²) < 4.78 is 5.16. The van der Waals surface area contributed by atoms with Gasteiger partial charge >= 0.3 is 5.97 Å². The number of aliphatic carboxylic acids is 1. The van der Waals surface area contributed by atoms with E-state index in [1.54, 1.807) is 25.3 Å². The van der Waals surface area contributed by atoms with Crippen LogP contribution in [0.15, 0.2) is 42.5 Å². The normalized spacial score (nSPS) is 10.6. The first-order chi connectivity index (χ1) is 12.5. The SMILES string of the molecule is COc1ccc(-c2nc(Nc3ccc(Cl)c(Cl)c3)sc2CC(=O)O)cc1. The summed E-state index contributed by atoms with van der Waals surface area (Å²) in [7, 11) is 1.59. The van der Waals surface area contributed by atoms with Gasteiger partial charge in [-0.15, -0.1) is 11.3 Å². The number of benzene rings is 2. The lowest BCUT2D eigenvalue weighted by molar-refractivity contribution is -0.136. The Hall–Kier alpha value is -2.28. The number of carbonyl (C=O) groups is 1. The molecule has 0 aliphatic heterocycles. The van der Waals surface area contributed by atoms with E-state index >= 15 is 0 Å². The molecule has 0 saturated carbocycles. The van der Waals surface area contributed by atoms with Crippen molar-refractivity contribution in [3.8, 4) is 17.0 Å². The molecule has 0 spiro atoms. The van der Waals surface area contributed by atoms with Gasteiger partial charge in [-0.25, -0.2) is 4.98 Å². The lowest BCUT2D eigenvalue weighted by Crippen LogP contribution is -1.99. The van der Waals surface area contributed by atoms with Crippen LogP contribution in [-0.4, -0.2) is 23.2 Å². The second kappa shape index (κ2) is 7.95. The van der Waals surface area contributed by atoms with E-state index in [0.717, 1.165) is 17.0 Å². The molecular formula is C18H14Cl2N2O3S. The quantitative estimate of drug-likeness (QED) is 0.563. The Morgan fingerprint density at radius 3 is 2.54 bits per heavy atom. The molecule has 0 fully saturated rings. The topological polar surface area (TPSA) is 71.5 Å². The zero-order chi connectivity index (χ0) is 18.7. The van der Waals surface area contributed by atoms with E-state index in [1.807, 2.05) is 24.3 Å². The van der Waals surface area contributed by atoms with Crippen LogP contribution in [0.4, 0.5) is 10.8 Å². The van der Waals surface area contributed by atoms with Gasteiger partial charge in [0.1, 0.15) is 5.75 Å². The summed E-state index contributed by atoms with van der Waals surface area (Å²) in [4.78, 5) is 16.4. The molecule has 3 rings (SSSR count). The van der Waals surface area contributed by atoms with E-state index in [9.17, 15) is 9.90 Å². The fraction of sp³-hybridized carbons (Fsp3) is 0.111. The average Bonchev–Trinajstić information content (AvgIpc) is 2.99. The molecule has 0 radical (unpaired) electrons. The molecule has 26 heavy (non-hydrogen) atoms. The Kier molecular flexibility index (Phi) is 5.66. The predicted octanol–water partition coefficient (Wildman–Crippen LogP) is 5.50. The smallest absolute Gasteiger partial charge is 0.308 e. The first kappa shape index (κ1) is 18.5. The maximum atomic E-state index is 11.2. The highest BCUT2D eigenvalue weighted by Crippen LogP contribution is 2.35. The van der Waals surface area contributed by atoms with Crippen LogP contribution in [0.1, 0.15) is 4.88 Å². The summed E-state index contributed by atoms with van der Waals surface area (Å²) in [5.74, 6) is -0.192. The van der Waals surface area contributed by atoms with Gasteiger partial charge in [-0.2, -0.15) is 0 Å². The van der Waals surface area contributed by atoms with Crippen LogP contribution in [0.2, 0.25) is 10.0 Å². The lowest BCUT2D eigenvalue weighted by Gasteiger charge is -2.04. The van der Waals surface area contributed by atoms with Gasteiger partial charge in [-0.3, -0.25) is 4.79 Å². The zero-order valence-electron chi connectivity index (χ0n) is 13.6. The molecule has 3 aromatic rings. The molecule has 0 amide bonds. The summed E-state index contributed by atoms with van der Waals surface area (Å²) >= 11 is 13.2. The molecule has 2 aromatic carbocycles. The predicted molar refractivity (Wildman–Crippen MR) is 105 cm³/mol. The summed E-state index contributed by atoms with van der Waals surface area (Å²) in [6, 6.07) is 12.5. The molecule has 8 heteroatoms. The minimum atomic E-state index is -0.913.